The van der Waals surface area contributed by atoms with Crippen LogP contribution in [0.25, 0.3) is 11.1 Å². The molecular formula is C12H17N5. The number of aryl methyl sites for hydroxylation is 2. The zero-order valence-electron chi connectivity index (χ0n) is 10.6. The molecule has 0 radical (unpaired) electrons. The molecule has 90 valence electrons. The van der Waals surface area contributed by atoms with Crippen LogP contribution in [0.1, 0.15) is 11.3 Å². The number of anilines is 2. The summed E-state index contributed by atoms with van der Waals surface area (Å²) in [6.45, 7) is 4.05. The Labute approximate surface area is 101 Å². The number of hydrogen-bond acceptors (Lipinski definition) is 4. The number of pyridine rings is 1. The topological polar surface area (TPSA) is 70.8 Å². The maximum atomic E-state index is 5.85. The van der Waals surface area contributed by atoms with Gasteiger partial charge in [-0.3, -0.25) is 5.10 Å². The van der Waals surface area contributed by atoms with Gasteiger partial charge in [-0.25, -0.2) is 4.98 Å². The summed E-state index contributed by atoms with van der Waals surface area (Å²) in [5, 5.41) is 6.70. The van der Waals surface area contributed by atoms with E-state index in [0.29, 0.717) is 5.82 Å². The summed E-state index contributed by atoms with van der Waals surface area (Å²) >= 11 is 0. The first-order valence-electron chi connectivity index (χ1n) is 5.45. The second-order valence-corrected chi connectivity index (χ2v) is 4.35. The molecule has 0 atom stereocenters. The molecule has 17 heavy (non-hydrogen) atoms. The molecule has 2 aromatic rings. The van der Waals surface area contributed by atoms with Crippen molar-refractivity contribution in [2.24, 2.45) is 0 Å². The van der Waals surface area contributed by atoms with Crippen LogP contribution in [0.3, 0.4) is 0 Å². The lowest BCUT2D eigenvalue weighted by Crippen LogP contribution is -2.12. The third kappa shape index (κ3) is 1.95. The number of rotatable bonds is 2. The van der Waals surface area contributed by atoms with Crippen molar-refractivity contribution in [3.8, 4) is 11.1 Å². The van der Waals surface area contributed by atoms with Crippen LogP contribution in [0, 0.1) is 13.8 Å². The molecule has 0 aromatic carbocycles. The molecule has 0 amide bonds. The number of nitrogens with zero attached hydrogens (tertiary/aromatic N) is 3. The fourth-order valence-corrected chi connectivity index (χ4v) is 1.94. The van der Waals surface area contributed by atoms with Crippen molar-refractivity contribution >= 4 is 11.6 Å². The van der Waals surface area contributed by atoms with Crippen molar-refractivity contribution in [1.29, 1.82) is 0 Å². The number of nitrogen functional groups attached to an aromatic ring is 1. The average molecular weight is 231 g/mol. The van der Waals surface area contributed by atoms with Crippen LogP contribution in [0.5, 0.6) is 0 Å². The predicted molar refractivity (Wildman–Crippen MR) is 70.0 cm³/mol. The number of aromatic amines is 1. The molecule has 0 saturated heterocycles. The molecule has 2 heterocycles. The minimum absolute atomic E-state index is 0.579. The SMILES string of the molecule is Cc1cc(N(C)C)nc(C)c1-c1cn[nH]c1N. The molecule has 3 N–H and O–H groups in total. The summed E-state index contributed by atoms with van der Waals surface area (Å²) in [6.07, 6.45) is 1.74. The van der Waals surface area contributed by atoms with Crippen LogP contribution in [0.4, 0.5) is 11.6 Å². The van der Waals surface area contributed by atoms with Crippen LogP contribution < -0.4 is 10.6 Å². The summed E-state index contributed by atoms with van der Waals surface area (Å²) in [5.41, 5.74) is 9.93. The minimum atomic E-state index is 0.579. The normalized spacial score (nSPS) is 10.6. The Morgan fingerprint density at radius 3 is 2.47 bits per heavy atom. The lowest BCUT2D eigenvalue weighted by Gasteiger charge is -2.16. The maximum absolute atomic E-state index is 5.85. The number of nitrogens with two attached hydrogens (primary N) is 1. The minimum Gasteiger partial charge on any atom is -0.384 e. The standard InChI is InChI=1S/C12H17N5/c1-7-5-10(17(3)4)15-8(2)11(7)9-6-14-16-12(9)13/h5-6H,1-4H3,(H3,13,14,16). The molecule has 2 aromatic heterocycles. The molecule has 0 saturated carbocycles. The first-order valence-corrected chi connectivity index (χ1v) is 5.45. The highest BCUT2D eigenvalue weighted by Gasteiger charge is 2.13. The lowest BCUT2D eigenvalue weighted by molar-refractivity contribution is 1.04. The quantitative estimate of drug-likeness (QED) is 0.825. The highest BCUT2D eigenvalue weighted by Crippen LogP contribution is 2.31. The molecule has 0 aliphatic heterocycles. The summed E-state index contributed by atoms with van der Waals surface area (Å²) in [6, 6.07) is 2.05. The van der Waals surface area contributed by atoms with E-state index in [2.05, 4.69) is 28.2 Å². The Morgan fingerprint density at radius 1 is 1.29 bits per heavy atom. The Bertz CT molecular complexity index is 519. The molecule has 5 heteroatoms. The molecule has 0 unspecified atom stereocenters. The second kappa shape index (κ2) is 4.08. The van der Waals surface area contributed by atoms with E-state index in [4.69, 9.17) is 5.73 Å². The zero-order valence-corrected chi connectivity index (χ0v) is 10.6. The van der Waals surface area contributed by atoms with Gasteiger partial charge in [0, 0.05) is 30.9 Å². The van der Waals surface area contributed by atoms with Gasteiger partial charge in [-0.1, -0.05) is 0 Å². The molecule has 0 aliphatic carbocycles. The largest absolute Gasteiger partial charge is 0.384 e. The van der Waals surface area contributed by atoms with E-state index >= 15 is 0 Å². The highest BCUT2D eigenvalue weighted by molar-refractivity contribution is 5.78. The molecule has 0 aliphatic rings. The van der Waals surface area contributed by atoms with Gasteiger partial charge in [0.1, 0.15) is 11.6 Å². The second-order valence-electron chi connectivity index (χ2n) is 4.35. The summed E-state index contributed by atoms with van der Waals surface area (Å²) in [4.78, 5) is 6.55. The van der Waals surface area contributed by atoms with Crippen molar-refractivity contribution in [3.63, 3.8) is 0 Å². The molecule has 0 fully saturated rings. The lowest BCUT2D eigenvalue weighted by atomic mass is 10.0. The van der Waals surface area contributed by atoms with Crippen molar-refractivity contribution in [1.82, 2.24) is 15.2 Å². The highest BCUT2D eigenvalue weighted by atomic mass is 15.1. The smallest absolute Gasteiger partial charge is 0.128 e. The van der Waals surface area contributed by atoms with Gasteiger partial charge in [0.25, 0.3) is 0 Å². The average Bonchev–Trinajstić information content (AvgIpc) is 2.64. The van der Waals surface area contributed by atoms with Crippen molar-refractivity contribution in [3.05, 3.63) is 23.5 Å². The van der Waals surface area contributed by atoms with Gasteiger partial charge < -0.3 is 10.6 Å². The van der Waals surface area contributed by atoms with Gasteiger partial charge in [-0.15, -0.1) is 0 Å². The first kappa shape index (κ1) is 11.4. The van der Waals surface area contributed by atoms with Gasteiger partial charge in [0.15, 0.2) is 0 Å². The fourth-order valence-electron chi connectivity index (χ4n) is 1.94. The number of H-pyrrole nitrogens is 1. The Hall–Kier alpha value is -2.04. The van der Waals surface area contributed by atoms with E-state index in [0.717, 1.165) is 28.2 Å². The molecule has 0 bridgehead atoms. The number of aromatic nitrogens is 3. The third-order valence-corrected chi connectivity index (χ3v) is 2.78. The molecule has 0 spiro atoms. The van der Waals surface area contributed by atoms with E-state index in [1.807, 2.05) is 25.9 Å². The first-order chi connectivity index (χ1) is 8.00. The van der Waals surface area contributed by atoms with Gasteiger partial charge in [0.2, 0.25) is 0 Å². The van der Waals surface area contributed by atoms with Crippen molar-refractivity contribution in [2.75, 3.05) is 24.7 Å². The molecular weight excluding hydrogens is 214 g/mol. The summed E-state index contributed by atoms with van der Waals surface area (Å²) in [7, 11) is 3.96. The number of hydrogen-bond donors (Lipinski definition) is 2. The van der Waals surface area contributed by atoms with Gasteiger partial charge in [0.05, 0.1) is 6.20 Å². The van der Waals surface area contributed by atoms with Crippen LogP contribution in [0.15, 0.2) is 12.3 Å². The van der Waals surface area contributed by atoms with Crippen LogP contribution >= 0.6 is 0 Å². The fraction of sp³-hybridized carbons (Fsp3) is 0.333. The predicted octanol–water partition coefficient (Wildman–Crippen LogP) is 1.74. The monoisotopic (exact) mass is 231 g/mol. The van der Waals surface area contributed by atoms with E-state index in [1.54, 1.807) is 6.20 Å². The Balaban J connectivity index is 2.61. The van der Waals surface area contributed by atoms with E-state index in [9.17, 15) is 0 Å². The van der Waals surface area contributed by atoms with Gasteiger partial charge in [-0.05, 0) is 25.5 Å². The Kier molecular flexibility index (Phi) is 2.75. The van der Waals surface area contributed by atoms with Gasteiger partial charge in [-0.2, -0.15) is 5.10 Å². The third-order valence-electron chi connectivity index (χ3n) is 2.78. The van der Waals surface area contributed by atoms with Crippen molar-refractivity contribution < 1.29 is 0 Å². The maximum Gasteiger partial charge on any atom is 0.128 e. The van der Waals surface area contributed by atoms with Crippen molar-refractivity contribution in [2.45, 2.75) is 13.8 Å². The Morgan fingerprint density at radius 2 is 2.00 bits per heavy atom. The summed E-state index contributed by atoms with van der Waals surface area (Å²) in [5.74, 6) is 1.53. The molecule has 5 nitrogen and oxygen atoms in total. The summed E-state index contributed by atoms with van der Waals surface area (Å²) < 4.78 is 0. The van der Waals surface area contributed by atoms with E-state index in [1.165, 1.54) is 0 Å². The van der Waals surface area contributed by atoms with Crippen LogP contribution in [-0.4, -0.2) is 29.3 Å². The number of nitrogens with one attached hydrogen (secondary N) is 1. The zero-order chi connectivity index (χ0) is 12.6. The van der Waals surface area contributed by atoms with E-state index < -0.39 is 0 Å². The van der Waals surface area contributed by atoms with Crippen LogP contribution in [-0.2, 0) is 0 Å². The van der Waals surface area contributed by atoms with Crippen LogP contribution in [0.2, 0.25) is 0 Å². The van der Waals surface area contributed by atoms with Gasteiger partial charge >= 0.3 is 0 Å². The van der Waals surface area contributed by atoms with E-state index in [-0.39, 0.29) is 0 Å². The molecule has 2 rings (SSSR count).